The van der Waals surface area contributed by atoms with Gasteiger partial charge >= 0.3 is 0 Å². The number of rotatable bonds is 4. The minimum atomic E-state index is -3.60. The van der Waals surface area contributed by atoms with E-state index >= 15 is 0 Å². The van der Waals surface area contributed by atoms with E-state index in [1.807, 2.05) is 0 Å². The van der Waals surface area contributed by atoms with E-state index in [1.165, 1.54) is 6.07 Å². The summed E-state index contributed by atoms with van der Waals surface area (Å²) in [6.07, 6.45) is 3.19. The third-order valence-electron chi connectivity index (χ3n) is 2.60. The summed E-state index contributed by atoms with van der Waals surface area (Å²) in [5.74, 6) is 0. The maximum absolute atomic E-state index is 12.2. The molecule has 0 radical (unpaired) electrons. The lowest BCUT2D eigenvalue weighted by Crippen LogP contribution is -2.24. The van der Waals surface area contributed by atoms with Gasteiger partial charge < -0.3 is 5.73 Å². The Morgan fingerprint density at radius 2 is 2.21 bits per heavy atom. The summed E-state index contributed by atoms with van der Waals surface area (Å²) in [5.41, 5.74) is 7.49. The fourth-order valence-electron chi connectivity index (χ4n) is 1.59. The summed E-state index contributed by atoms with van der Waals surface area (Å²) in [4.78, 5) is 0.177. The van der Waals surface area contributed by atoms with Crippen LogP contribution in [0.15, 0.2) is 33.9 Å². The number of hydrogen-bond donors (Lipinski definition) is 3. The summed E-state index contributed by atoms with van der Waals surface area (Å²) in [5, 5.41) is 6.38. The van der Waals surface area contributed by atoms with Gasteiger partial charge in [0.15, 0.2) is 0 Å². The molecule has 1 aromatic heterocycles. The first kappa shape index (κ1) is 14.0. The van der Waals surface area contributed by atoms with Gasteiger partial charge in [-0.05, 0) is 40.5 Å². The van der Waals surface area contributed by atoms with E-state index in [0.29, 0.717) is 15.7 Å². The van der Waals surface area contributed by atoms with Crippen LogP contribution >= 0.6 is 15.9 Å². The lowest BCUT2D eigenvalue weighted by atomic mass is 10.2. The van der Waals surface area contributed by atoms with Crippen molar-refractivity contribution in [2.75, 3.05) is 5.73 Å². The van der Waals surface area contributed by atoms with Crippen molar-refractivity contribution in [1.29, 1.82) is 0 Å². The molecule has 0 saturated carbocycles. The van der Waals surface area contributed by atoms with Gasteiger partial charge in [-0.1, -0.05) is 0 Å². The van der Waals surface area contributed by atoms with Crippen LogP contribution in [0.4, 0.5) is 5.69 Å². The molecular formula is C11H13BrN4O2S. The fourth-order valence-corrected chi connectivity index (χ4v) is 3.32. The zero-order valence-corrected chi connectivity index (χ0v) is 12.5. The van der Waals surface area contributed by atoms with Crippen LogP contribution in [0, 0.1) is 6.92 Å². The number of halogens is 1. The van der Waals surface area contributed by atoms with Crippen molar-refractivity contribution in [3.63, 3.8) is 0 Å². The van der Waals surface area contributed by atoms with Gasteiger partial charge in [0, 0.05) is 28.5 Å². The number of aryl methyl sites for hydroxylation is 1. The predicted octanol–water partition coefficient (Wildman–Crippen LogP) is 1.54. The molecule has 0 unspecified atom stereocenters. The molecule has 0 amide bonds. The van der Waals surface area contributed by atoms with Crippen molar-refractivity contribution in [1.82, 2.24) is 14.9 Å². The van der Waals surface area contributed by atoms with E-state index in [-0.39, 0.29) is 11.4 Å². The monoisotopic (exact) mass is 344 g/mol. The SMILES string of the molecule is Cc1cc(Br)c(N)cc1S(=O)(=O)NCc1cn[nH]c1. The average Bonchev–Trinajstić information content (AvgIpc) is 2.84. The molecule has 6 nitrogen and oxygen atoms in total. The maximum atomic E-state index is 12.2. The molecule has 4 N–H and O–H groups in total. The van der Waals surface area contributed by atoms with Crippen molar-refractivity contribution in [3.05, 3.63) is 40.1 Å². The Hall–Kier alpha value is -1.38. The molecule has 2 aromatic rings. The highest BCUT2D eigenvalue weighted by molar-refractivity contribution is 9.10. The fraction of sp³-hybridized carbons (Fsp3) is 0.182. The number of nitrogen functional groups attached to an aromatic ring is 1. The number of nitrogens with zero attached hydrogens (tertiary/aromatic N) is 1. The molecule has 0 saturated heterocycles. The largest absolute Gasteiger partial charge is 0.398 e. The van der Waals surface area contributed by atoms with E-state index < -0.39 is 10.0 Å². The molecule has 1 heterocycles. The highest BCUT2D eigenvalue weighted by Crippen LogP contribution is 2.26. The Morgan fingerprint density at radius 1 is 1.47 bits per heavy atom. The maximum Gasteiger partial charge on any atom is 0.241 e. The molecule has 0 aliphatic rings. The predicted molar refractivity (Wildman–Crippen MR) is 75.9 cm³/mol. The van der Waals surface area contributed by atoms with Gasteiger partial charge in [0.25, 0.3) is 0 Å². The van der Waals surface area contributed by atoms with Crippen LogP contribution in [0.5, 0.6) is 0 Å². The number of benzene rings is 1. The van der Waals surface area contributed by atoms with Gasteiger partial charge in [-0.2, -0.15) is 5.10 Å². The summed E-state index contributed by atoms with van der Waals surface area (Å²) in [6, 6.07) is 3.12. The first-order chi connectivity index (χ1) is 8.90. The molecule has 8 heteroatoms. The van der Waals surface area contributed by atoms with Crippen molar-refractivity contribution < 1.29 is 8.42 Å². The second kappa shape index (κ2) is 5.32. The second-order valence-corrected chi connectivity index (χ2v) is 6.66. The van der Waals surface area contributed by atoms with Crippen molar-refractivity contribution in [3.8, 4) is 0 Å². The number of H-pyrrole nitrogens is 1. The molecule has 19 heavy (non-hydrogen) atoms. The molecule has 0 bridgehead atoms. The Labute approximate surface area is 119 Å². The molecule has 0 fully saturated rings. The summed E-state index contributed by atoms with van der Waals surface area (Å²) in [7, 11) is -3.60. The Balaban J connectivity index is 2.27. The second-order valence-electron chi connectivity index (χ2n) is 4.07. The van der Waals surface area contributed by atoms with Crippen LogP contribution in [0.1, 0.15) is 11.1 Å². The number of aromatic amines is 1. The van der Waals surface area contributed by atoms with E-state index in [2.05, 4.69) is 30.8 Å². The van der Waals surface area contributed by atoms with Gasteiger partial charge in [0.05, 0.1) is 11.1 Å². The minimum absolute atomic E-state index is 0.175. The molecule has 0 aliphatic heterocycles. The molecule has 1 aromatic carbocycles. The number of nitrogens with two attached hydrogens (primary N) is 1. The van der Waals surface area contributed by atoms with Crippen molar-refractivity contribution in [2.24, 2.45) is 0 Å². The minimum Gasteiger partial charge on any atom is -0.398 e. The topological polar surface area (TPSA) is 101 Å². The highest BCUT2D eigenvalue weighted by atomic mass is 79.9. The van der Waals surface area contributed by atoms with Crippen LogP contribution in [-0.2, 0) is 16.6 Å². The van der Waals surface area contributed by atoms with Gasteiger partial charge in [-0.3, -0.25) is 5.10 Å². The number of sulfonamides is 1. The molecule has 102 valence electrons. The number of aromatic nitrogens is 2. The Kier molecular flexibility index (Phi) is 3.93. The van der Waals surface area contributed by atoms with Gasteiger partial charge in [0.2, 0.25) is 10.0 Å². The van der Waals surface area contributed by atoms with E-state index in [1.54, 1.807) is 25.4 Å². The van der Waals surface area contributed by atoms with E-state index in [4.69, 9.17) is 5.73 Å². The quantitative estimate of drug-likeness (QED) is 0.732. The van der Waals surface area contributed by atoms with Crippen LogP contribution in [0.3, 0.4) is 0 Å². The first-order valence-corrected chi connectivity index (χ1v) is 7.71. The first-order valence-electron chi connectivity index (χ1n) is 5.43. The molecular weight excluding hydrogens is 332 g/mol. The Morgan fingerprint density at radius 3 is 2.84 bits per heavy atom. The van der Waals surface area contributed by atoms with Crippen LogP contribution < -0.4 is 10.5 Å². The average molecular weight is 345 g/mol. The standard InChI is InChI=1S/C11H13BrN4O2S/c1-7-2-9(12)10(13)3-11(7)19(17,18)16-6-8-4-14-15-5-8/h2-5,16H,6,13H2,1H3,(H,14,15). The third kappa shape index (κ3) is 3.14. The smallest absolute Gasteiger partial charge is 0.241 e. The zero-order valence-electron chi connectivity index (χ0n) is 10.1. The normalized spacial score (nSPS) is 11.7. The zero-order chi connectivity index (χ0) is 14.0. The van der Waals surface area contributed by atoms with Gasteiger partial charge in [0.1, 0.15) is 0 Å². The Bertz CT molecular complexity index is 683. The van der Waals surface area contributed by atoms with Crippen LogP contribution in [-0.4, -0.2) is 18.6 Å². The van der Waals surface area contributed by atoms with Crippen molar-refractivity contribution in [2.45, 2.75) is 18.4 Å². The molecule has 0 atom stereocenters. The van der Waals surface area contributed by atoms with E-state index in [0.717, 1.165) is 5.56 Å². The van der Waals surface area contributed by atoms with E-state index in [9.17, 15) is 8.42 Å². The summed E-state index contributed by atoms with van der Waals surface area (Å²) >= 11 is 3.26. The summed E-state index contributed by atoms with van der Waals surface area (Å²) in [6.45, 7) is 1.89. The highest BCUT2D eigenvalue weighted by Gasteiger charge is 2.18. The van der Waals surface area contributed by atoms with Crippen LogP contribution in [0.25, 0.3) is 0 Å². The number of nitrogens with one attached hydrogen (secondary N) is 2. The molecule has 0 spiro atoms. The molecule has 2 rings (SSSR count). The lowest BCUT2D eigenvalue weighted by molar-refractivity contribution is 0.580. The van der Waals surface area contributed by atoms with Gasteiger partial charge in [-0.25, -0.2) is 13.1 Å². The van der Waals surface area contributed by atoms with Crippen LogP contribution in [0.2, 0.25) is 0 Å². The number of anilines is 1. The van der Waals surface area contributed by atoms with Gasteiger partial charge in [-0.15, -0.1) is 0 Å². The number of hydrogen-bond acceptors (Lipinski definition) is 4. The molecule has 0 aliphatic carbocycles. The lowest BCUT2D eigenvalue weighted by Gasteiger charge is -2.10. The summed E-state index contributed by atoms with van der Waals surface area (Å²) < 4.78 is 27.6. The van der Waals surface area contributed by atoms with Crippen molar-refractivity contribution >= 4 is 31.6 Å². The third-order valence-corrected chi connectivity index (χ3v) is 4.83.